The molecule has 0 N–H and O–H groups in total. The van der Waals surface area contributed by atoms with Gasteiger partial charge in [0.05, 0.1) is 11.8 Å². The minimum Gasteiger partial charge on any atom is -0.106 e. The lowest BCUT2D eigenvalue weighted by Gasteiger charge is -1.67. The lowest BCUT2D eigenvalue weighted by molar-refractivity contribution is 1.55. The Morgan fingerprint density at radius 1 is 1.25 bits per heavy atom. The van der Waals surface area contributed by atoms with Crippen LogP contribution in [0.3, 0.4) is 0 Å². The fraction of sp³-hybridized carbons (Fsp3) is 0.429. The first-order valence-corrected chi connectivity index (χ1v) is 3.45. The summed E-state index contributed by atoms with van der Waals surface area (Å²) in [5.41, 5.74) is 0. The van der Waals surface area contributed by atoms with Crippen molar-refractivity contribution in [3.63, 3.8) is 0 Å². The van der Waals surface area contributed by atoms with Gasteiger partial charge in [-0.15, -0.1) is 5.92 Å². The molecular formula is C7H7Br. The van der Waals surface area contributed by atoms with E-state index in [0.29, 0.717) is 6.42 Å². The van der Waals surface area contributed by atoms with Crippen molar-refractivity contribution in [3.8, 4) is 23.7 Å². The molecule has 0 bridgehead atoms. The normalized spacial score (nSPS) is 5.75. The minimum atomic E-state index is 0.697. The average Bonchev–Trinajstić information content (AvgIpc) is 1.81. The number of rotatable bonds is 0. The van der Waals surface area contributed by atoms with Crippen molar-refractivity contribution in [2.45, 2.75) is 13.3 Å². The molecule has 0 saturated heterocycles. The molecule has 0 atom stereocenters. The SMILES string of the molecule is CC#CCC#CCBr. The minimum absolute atomic E-state index is 0.697. The molecule has 0 nitrogen and oxygen atoms in total. The van der Waals surface area contributed by atoms with E-state index in [1.54, 1.807) is 0 Å². The topological polar surface area (TPSA) is 0 Å². The molecule has 0 amide bonds. The molecule has 0 saturated carbocycles. The summed E-state index contributed by atoms with van der Waals surface area (Å²) in [6, 6.07) is 0. The van der Waals surface area contributed by atoms with Crippen molar-refractivity contribution < 1.29 is 0 Å². The second kappa shape index (κ2) is 6.60. The highest BCUT2D eigenvalue weighted by Gasteiger charge is 1.62. The zero-order chi connectivity index (χ0) is 6.24. The standard InChI is InChI=1S/C7H7Br/c1-2-3-4-5-6-7-8/h4,7H2,1H3. The molecule has 0 spiro atoms. The summed E-state index contributed by atoms with van der Waals surface area (Å²) in [6.07, 6.45) is 0.697. The van der Waals surface area contributed by atoms with E-state index in [4.69, 9.17) is 0 Å². The van der Waals surface area contributed by atoms with Gasteiger partial charge in [-0.3, -0.25) is 0 Å². The Balaban J connectivity index is 3.24. The fourth-order valence-electron chi connectivity index (χ4n) is 0.242. The fourth-order valence-corrected chi connectivity index (χ4v) is 0.441. The molecule has 0 aliphatic heterocycles. The van der Waals surface area contributed by atoms with Gasteiger partial charge in [-0.25, -0.2) is 0 Å². The number of halogens is 1. The Morgan fingerprint density at radius 3 is 2.50 bits per heavy atom. The lowest BCUT2D eigenvalue weighted by Crippen LogP contribution is -1.60. The van der Waals surface area contributed by atoms with Crippen LogP contribution in [0.15, 0.2) is 0 Å². The summed E-state index contributed by atoms with van der Waals surface area (Å²) in [6.45, 7) is 1.82. The maximum atomic E-state index is 3.18. The second-order valence-corrected chi connectivity index (χ2v) is 1.65. The molecule has 1 heteroatoms. The highest BCUT2D eigenvalue weighted by atomic mass is 79.9. The third-order valence-electron chi connectivity index (χ3n) is 0.545. The largest absolute Gasteiger partial charge is 0.106 e. The van der Waals surface area contributed by atoms with Crippen molar-refractivity contribution in [1.29, 1.82) is 0 Å². The molecule has 8 heavy (non-hydrogen) atoms. The smallest absolute Gasteiger partial charge is 0.0702 e. The van der Waals surface area contributed by atoms with E-state index in [1.807, 2.05) is 6.92 Å². The maximum absolute atomic E-state index is 3.18. The van der Waals surface area contributed by atoms with E-state index in [1.165, 1.54) is 0 Å². The van der Waals surface area contributed by atoms with Crippen LogP contribution < -0.4 is 0 Å². The zero-order valence-electron chi connectivity index (χ0n) is 4.79. The van der Waals surface area contributed by atoms with E-state index in [-0.39, 0.29) is 0 Å². The summed E-state index contributed by atoms with van der Waals surface area (Å²) in [5, 5.41) is 0.748. The van der Waals surface area contributed by atoms with Gasteiger partial charge in [0.15, 0.2) is 0 Å². The van der Waals surface area contributed by atoms with Crippen LogP contribution in [0.5, 0.6) is 0 Å². The molecule has 42 valence electrons. The van der Waals surface area contributed by atoms with Crippen LogP contribution in [0.25, 0.3) is 0 Å². The molecule has 0 aliphatic carbocycles. The molecule has 0 radical (unpaired) electrons. The van der Waals surface area contributed by atoms with Gasteiger partial charge in [0.1, 0.15) is 0 Å². The van der Waals surface area contributed by atoms with Gasteiger partial charge in [0.2, 0.25) is 0 Å². The van der Waals surface area contributed by atoms with Crippen LogP contribution in [0.1, 0.15) is 13.3 Å². The van der Waals surface area contributed by atoms with Crippen molar-refractivity contribution in [1.82, 2.24) is 0 Å². The van der Waals surface area contributed by atoms with Gasteiger partial charge < -0.3 is 0 Å². The third-order valence-corrected chi connectivity index (χ3v) is 0.826. The van der Waals surface area contributed by atoms with Crippen molar-refractivity contribution in [2.75, 3.05) is 5.33 Å². The molecule has 0 unspecified atom stereocenters. The number of alkyl halides is 1. The van der Waals surface area contributed by atoms with E-state index in [9.17, 15) is 0 Å². The predicted molar refractivity (Wildman–Crippen MR) is 39.6 cm³/mol. The van der Waals surface area contributed by atoms with E-state index >= 15 is 0 Å². The van der Waals surface area contributed by atoms with Crippen LogP contribution in [-0.2, 0) is 0 Å². The second-order valence-electron chi connectivity index (χ2n) is 1.09. The molecule has 0 aromatic heterocycles. The molecule has 0 fully saturated rings. The first-order chi connectivity index (χ1) is 3.91. The Labute approximate surface area is 58.8 Å². The van der Waals surface area contributed by atoms with E-state index in [0.717, 1.165) is 5.33 Å². The van der Waals surface area contributed by atoms with Crippen LogP contribution in [-0.4, -0.2) is 5.33 Å². The Kier molecular flexibility index (Phi) is 6.27. The van der Waals surface area contributed by atoms with Crippen LogP contribution in [0, 0.1) is 23.7 Å². The summed E-state index contributed by atoms with van der Waals surface area (Å²) >= 11 is 3.18. The third kappa shape index (κ3) is 5.60. The predicted octanol–water partition coefficient (Wildman–Crippen LogP) is 1.80. The van der Waals surface area contributed by atoms with Gasteiger partial charge >= 0.3 is 0 Å². The van der Waals surface area contributed by atoms with Crippen molar-refractivity contribution in [3.05, 3.63) is 0 Å². The maximum Gasteiger partial charge on any atom is 0.0702 e. The Morgan fingerprint density at radius 2 is 2.00 bits per heavy atom. The summed E-state index contributed by atoms with van der Waals surface area (Å²) < 4.78 is 0. The molecule has 0 rings (SSSR count). The van der Waals surface area contributed by atoms with Crippen LogP contribution in [0.4, 0.5) is 0 Å². The number of hydrogen-bond acceptors (Lipinski definition) is 0. The van der Waals surface area contributed by atoms with Gasteiger partial charge in [-0.05, 0) is 6.92 Å². The number of hydrogen-bond donors (Lipinski definition) is 0. The zero-order valence-corrected chi connectivity index (χ0v) is 6.38. The highest BCUT2D eigenvalue weighted by Crippen LogP contribution is 1.74. The van der Waals surface area contributed by atoms with Gasteiger partial charge in [0.25, 0.3) is 0 Å². The lowest BCUT2D eigenvalue weighted by atomic mass is 10.4. The van der Waals surface area contributed by atoms with Gasteiger partial charge in [0, 0.05) is 0 Å². The van der Waals surface area contributed by atoms with Gasteiger partial charge in [-0.2, -0.15) is 0 Å². The van der Waals surface area contributed by atoms with Crippen molar-refractivity contribution in [2.24, 2.45) is 0 Å². The van der Waals surface area contributed by atoms with Crippen molar-refractivity contribution >= 4 is 15.9 Å². The molecule has 0 aliphatic rings. The quantitative estimate of drug-likeness (QED) is 0.385. The summed E-state index contributed by atoms with van der Waals surface area (Å²) in [7, 11) is 0. The van der Waals surface area contributed by atoms with Gasteiger partial charge in [-0.1, -0.05) is 33.7 Å². The first kappa shape index (κ1) is 7.60. The molecule has 0 heterocycles. The van der Waals surface area contributed by atoms with E-state index in [2.05, 4.69) is 39.6 Å². The Bertz CT molecular complexity index is 149. The monoisotopic (exact) mass is 170 g/mol. The molecule has 0 aromatic rings. The van der Waals surface area contributed by atoms with E-state index < -0.39 is 0 Å². The molecular weight excluding hydrogens is 164 g/mol. The van der Waals surface area contributed by atoms with Crippen LogP contribution >= 0.6 is 15.9 Å². The summed E-state index contributed by atoms with van der Waals surface area (Å²) in [5.74, 6) is 11.3. The Hall–Kier alpha value is -0.400. The van der Waals surface area contributed by atoms with Crippen LogP contribution in [0.2, 0.25) is 0 Å². The first-order valence-electron chi connectivity index (χ1n) is 2.33. The highest BCUT2D eigenvalue weighted by molar-refractivity contribution is 9.09. The average molecular weight is 171 g/mol. The molecule has 0 aromatic carbocycles. The summed E-state index contributed by atoms with van der Waals surface area (Å²) in [4.78, 5) is 0.